The van der Waals surface area contributed by atoms with Gasteiger partial charge >= 0.3 is 6.03 Å². The molecule has 2 N–H and O–H groups in total. The van der Waals surface area contributed by atoms with E-state index in [1.165, 1.54) is 0 Å². The van der Waals surface area contributed by atoms with Crippen LogP contribution in [0.25, 0.3) is 0 Å². The first kappa shape index (κ1) is 13.9. The zero-order valence-electron chi connectivity index (χ0n) is 11.5. The molecule has 2 amide bonds. The molecule has 6 nitrogen and oxygen atoms in total. The quantitative estimate of drug-likeness (QED) is 0.830. The molecule has 106 valence electrons. The number of aliphatic imine (C=N–C) groups is 1. The first-order valence-corrected chi connectivity index (χ1v) is 6.09. The zero-order chi connectivity index (χ0) is 14.7. The number of carbonyl (C=O) groups is 1. The van der Waals surface area contributed by atoms with Crippen molar-refractivity contribution in [1.29, 1.82) is 0 Å². The molecule has 0 fully saturated rings. The summed E-state index contributed by atoms with van der Waals surface area (Å²) in [5.74, 6) is 1.46. The van der Waals surface area contributed by atoms with Gasteiger partial charge in [-0.25, -0.2) is 4.79 Å². The van der Waals surface area contributed by atoms with Crippen molar-refractivity contribution in [3.8, 4) is 11.5 Å². The molecule has 0 aromatic heterocycles. The van der Waals surface area contributed by atoms with Gasteiger partial charge in [0.2, 0.25) is 0 Å². The first-order chi connectivity index (χ1) is 9.62. The second kappa shape index (κ2) is 5.64. The summed E-state index contributed by atoms with van der Waals surface area (Å²) in [6, 6.07) is 4.64. The Morgan fingerprint density at radius 3 is 2.70 bits per heavy atom. The van der Waals surface area contributed by atoms with E-state index < -0.39 is 6.04 Å². The number of hydrogen-bond donors (Lipinski definition) is 1. The van der Waals surface area contributed by atoms with Crippen molar-refractivity contribution < 1.29 is 14.3 Å². The van der Waals surface area contributed by atoms with E-state index in [1.54, 1.807) is 37.3 Å². The van der Waals surface area contributed by atoms with Crippen LogP contribution in [-0.2, 0) is 0 Å². The standard InChI is InChI=1S/C14H17N3O3/c1-4-7-17-12(13(15)16-14(17)18)9-5-6-10(19-2)11(8-9)20-3/h4-6,8,12H,1,7H2,2-3H3,(H2,15,16,18). The molecule has 1 heterocycles. The number of nitrogens with two attached hydrogens (primary N) is 1. The van der Waals surface area contributed by atoms with Crippen molar-refractivity contribution >= 4 is 11.9 Å². The van der Waals surface area contributed by atoms with Crippen LogP contribution in [0.1, 0.15) is 11.6 Å². The van der Waals surface area contributed by atoms with E-state index in [-0.39, 0.29) is 11.9 Å². The highest BCUT2D eigenvalue weighted by Gasteiger charge is 2.34. The predicted molar refractivity (Wildman–Crippen MR) is 76.2 cm³/mol. The maximum atomic E-state index is 11.8. The van der Waals surface area contributed by atoms with Gasteiger partial charge in [-0.1, -0.05) is 12.1 Å². The Morgan fingerprint density at radius 2 is 2.10 bits per heavy atom. The summed E-state index contributed by atoms with van der Waals surface area (Å²) >= 11 is 0. The molecular formula is C14H17N3O3. The summed E-state index contributed by atoms with van der Waals surface area (Å²) in [6.07, 6.45) is 1.64. The summed E-state index contributed by atoms with van der Waals surface area (Å²) in [4.78, 5) is 17.1. The van der Waals surface area contributed by atoms with Crippen molar-refractivity contribution in [1.82, 2.24) is 4.90 Å². The molecular weight excluding hydrogens is 258 g/mol. The maximum absolute atomic E-state index is 11.8. The number of urea groups is 1. The summed E-state index contributed by atoms with van der Waals surface area (Å²) in [7, 11) is 3.12. The Bertz CT molecular complexity index is 569. The molecule has 0 radical (unpaired) electrons. The Labute approximate surface area is 117 Å². The number of rotatable bonds is 5. The van der Waals surface area contributed by atoms with Crippen LogP contribution in [-0.4, -0.2) is 37.5 Å². The van der Waals surface area contributed by atoms with Gasteiger partial charge in [-0.15, -0.1) is 6.58 Å². The molecule has 2 rings (SSSR count). The third kappa shape index (κ3) is 2.32. The average Bonchev–Trinajstić information content (AvgIpc) is 2.73. The number of amides is 2. The van der Waals surface area contributed by atoms with E-state index in [4.69, 9.17) is 15.2 Å². The number of ether oxygens (including phenoxy) is 2. The highest BCUT2D eigenvalue weighted by atomic mass is 16.5. The zero-order valence-corrected chi connectivity index (χ0v) is 11.5. The fourth-order valence-corrected chi connectivity index (χ4v) is 2.20. The van der Waals surface area contributed by atoms with Gasteiger partial charge in [-0.05, 0) is 17.7 Å². The minimum atomic E-state index is -0.402. The van der Waals surface area contributed by atoms with E-state index in [1.807, 2.05) is 6.07 Å². The van der Waals surface area contributed by atoms with Crippen LogP contribution in [0.15, 0.2) is 35.8 Å². The SMILES string of the molecule is C=CCN1C(=O)N=C(N)C1c1ccc(OC)c(OC)c1. The molecule has 1 unspecified atom stereocenters. The summed E-state index contributed by atoms with van der Waals surface area (Å²) < 4.78 is 10.5. The van der Waals surface area contributed by atoms with Crippen LogP contribution in [0, 0.1) is 0 Å². The van der Waals surface area contributed by atoms with Crippen molar-refractivity contribution in [2.24, 2.45) is 10.7 Å². The monoisotopic (exact) mass is 275 g/mol. The third-order valence-corrected chi connectivity index (χ3v) is 3.11. The normalized spacial score (nSPS) is 17.9. The molecule has 0 spiro atoms. The molecule has 1 aromatic carbocycles. The van der Waals surface area contributed by atoms with E-state index in [9.17, 15) is 4.79 Å². The number of hydrogen-bond acceptors (Lipinski definition) is 4. The molecule has 0 aliphatic carbocycles. The van der Waals surface area contributed by atoms with Crippen molar-refractivity contribution in [3.63, 3.8) is 0 Å². The lowest BCUT2D eigenvalue weighted by Crippen LogP contribution is -2.33. The second-order valence-electron chi connectivity index (χ2n) is 4.28. The highest BCUT2D eigenvalue weighted by Crippen LogP contribution is 2.34. The molecule has 0 bridgehead atoms. The predicted octanol–water partition coefficient (Wildman–Crippen LogP) is 1.72. The Balaban J connectivity index is 2.41. The lowest BCUT2D eigenvalue weighted by atomic mass is 10.0. The van der Waals surface area contributed by atoms with Gasteiger partial charge in [0, 0.05) is 6.54 Å². The van der Waals surface area contributed by atoms with Crippen LogP contribution < -0.4 is 15.2 Å². The number of benzene rings is 1. The topological polar surface area (TPSA) is 77.2 Å². The number of amidine groups is 1. The minimum Gasteiger partial charge on any atom is -0.493 e. The van der Waals surface area contributed by atoms with E-state index in [2.05, 4.69) is 11.6 Å². The van der Waals surface area contributed by atoms with Gasteiger partial charge in [0.25, 0.3) is 0 Å². The third-order valence-electron chi connectivity index (χ3n) is 3.11. The number of methoxy groups -OCH3 is 2. The summed E-state index contributed by atoms with van der Waals surface area (Å²) in [6.45, 7) is 4.02. The van der Waals surface area contributed by atoms with Gasteiger partial charge in [0.05, 0.1) is 14.2 Å². The van der Waals surface area contributed by atoms with Crippen LogP contribution in [0.3, 0.4) is 0 Å². The lowest BCUT2D eigenvalue weighted by Gasteiger charge is -2.23. The minimum absolute atomic E-state index is 0.268. The molecule has 0 saturated carbocycles. The van der Waals surface area contributed by atoms with Crippen LogP contribution >= 0.6 is 0 Å². The van der Waals surface area contributed by atoms with Gasteiger partial charge in [-0.3, -0.25) is 0 Å². The van der Waals surface area contributed by atoms with E-state index in [0.29, 0.717) is 18.0 Å². The first-order valence-electron chi connectivity index (χ1n) is 6.09. The van der Waals surface area contributed by atoms with E-state index >= 15 is 0 Å². The molecule has 1 aliphatic rings. The molecule has 6 heteroatoms. The molecule has 20 heavy (non-hydrogen) atoms. The fourth-order valence-electron chi connectivity index (χ4n) is 2.20. The number of carbonyl (C=O) groups excluding carboxylic acids is 1. The summed E-state index contributed by atoms with van der Waals surface area (Å²) in [5, 5.41) is 0. The Morgan fingerprint density at radius 1 is 1.40 bits per heavy atom. The second-order valence-corrected chi connectivity index (χ2v) is 4.28. The average molecular weight is 275 g/mol. The molecule has 1 atom stereocenters. The molecule has 1 aromatic rings. The summed E-state index contributed by atoms with van der Waals surface area (Å²) in [5.41, 5.74) is 6.68. The Hall–Kier alpha value is -2.50. The van der Waals surface area contributed by atoms with Crippen molar-refractivity contribution in [2.45, 2.75) is 6.04 Å². The van der Waals surface area contributed by atoms with Crippen LogP contribution in [0.5, 0.6) is 11.5 Å². The Kier molecular flexibility index (Phi) is 3.93. The lowest BCUT2D eigenvalue weighted by molar-refractivity contribution is 0.212. The van der Waals surface area contributed by atoms with Crippen molar-refractivity contribution in [2.75, 3.05) is 20.8 Å². The van der Waals surface area contributed by atoms with Crippen LogP contribution in [0.2, 0.25) is 0 Å². The van der Waals surface area contributed by atoms with Gasteiger partial charge in [0.15, 0.2) is 11.5 Å². The van der Waals surface area contributed by atoms with Gasteiger partial charge < -0.3 is 20.1 Å². The van der Waals surface area contributed by atoms with Crippen molar-refractivity contribution in [3.05, 3.63) is 36.4 Å². The number of nitrogens with zero attached hydrogens (tertiary/aromatic N) is 2. The molecule has 1 aliphatic heterocycles. The van der Waals surface area contributed by atoms with E-state index in [0.717, 1.165) is 5.56 Å². The largest absolute Gasteiger partial charge is 0.493 e. The molecule has 0 saturated heterocycles. The smallest absolute Gasteiger partial charge is 0.346 e. The maximum Gasteiger partial charge on any atom is 0.346 e. The fraction of sp³-hybridized carbons (Fsp3) is 0.286. The highest BCUT2D eigenvalue weighted by molar-refractivity contribution is 6.03. The van der Waals surface area contributed by atoms with Gasteiger partial charge in [-0.2, -0.15) is 4.99 Å². The van der Waals surface area contributed by atoms with Crippen LogP contribution in [0.4, 0.5) is 4.79 Å². The van der Waals surface area contributed by atoms with Gasteiger partial charge in [0.1, 0.15) is 11.9 Å².